The minimum Gasteiger partial charge on any atom is -0.303 e. The van der Waals surface area contributed by atoms with Crippen molar-refractivity contribution in [2.75, 3.05) is 19.6 Å². The fraction of sp³-hybridized carbons (Fsp3) is 0.462. The lowest BCUT2D eigenvalue weighted by molar-refractivity contribution is 0.112. The van der Waals surface area contributed by atoms with E-state index < -0.39 is 0 Å². The van der Waals surface area contributed by atoms with Crippen LogP contribution in [0.15, 0.2) is 18.3 Å². The molecule has 1 fully saturated rings. The minimum absolute atomic E-state index is 0.421. The van der Waals surface area contributed by atoms with E-state index >= 15 is 0 Å². The summed E-state index contributed by atoms with van der Waals surface area (Å²) in [4.78, 5) is 17.7. The first-order valence-electron chi connectivity index (χ1n) is 6.34. The number of nitrogens with zero attached hydrogens (tertiary/aromatic N) is 4. The largest absolute Gasteiger partial charge is 0.303 e. The van der Waals surface area contributed by atoms with Gasteiger partial charge in [0.25, 0.3) is 0 Å². The van der Waals surface area contributed by atoms with Gasteiger partial charge >= 0.3 is 0 Å². The van der Waals surface area contributed by atoms with Gasteiger partial charge < -0.3 is 4.90 Å². The van der Waals surface area contributed by atoms with Crippen LogP contribution in [0.4, 0.5) is 0 Å². The van der Waals surface area contributed by atoms with Crippen LogP contribution in [-0.2, 0) is 0 Å². The molecule has 2 aromatic rings. The van der Waals surface area contributed by atoms with Crippen molar-refractivity contribution in [2.24, 2.45) is 0 Å². The first-order chi connectivity index (χ1) is 8.80. The predicted octanol–water partition coefficient (Wildman–Crippen LogP) is 1.35. The number of aromatic nitrogens is 3. The van der Waals surface area contributed by atoms with Crippen molar-refractivity contribution in [3.63, 3.8) is 0 Å². The molecular formula is C13H16N4O. The highest BCUT2D eigenvalue weighted by atomic mass is 16.1. The molecular weight excluding hydrogens is 228 g/mol. The van der Waals surface area contributed by atoms with Crippen LogP contribution in [0, 0.1) is 0 Å². The van der Waals surface area contributed by atoms with E-state index in [0.717, 1.165) is 43.8 Å². The Labute approximate surface area is 105 Å². The number of likely N-dealkylation sites (N-methyl/N-ethyl adjacent to an activating group) is 1. The topological polar surface area (TPSA) is 50.5 Å². The standard InChI is InChI=1S/C13H16N4O/c1-2-16-6-5-11(8-16)13-14-12-4-3-10(9-18)7-17(12)15-13/h3-4,7,9,11H,2,5-6,8H2,1H3. The van der Waals surface area contributed by atoms with Crippen LogP contribution in [0.5, 0.6) is 0 Å². The van der Waals surface area contributed by atoms with Gasteiger partial charge in [0.1, 0.15) is 0 Å². The van der Waals surface area contributed by atoms with Crippen LogP contribution >= 0.6 is 0 Å². The molecule has 1 saturated heterocycles. The number of carbonyl (C=O) groups excluding carboxylic acids is 1. The maximum absolute atomic E-state index is 10.7. The smallest absolute Gasteiger partial charge is 0.156 e. The van der Waals surface area contributed by atoms with Gasteiger partial charge in [-0.15, -0.1) is 0 Å². The summed E-state index contributed by atoms with van der Waals surface area (Å²) in [5.74, 6) is 1.32. The highest BCUT2D eigenvalue weighted by Crippen LogP contribution is 2.24. The van der Waals surface area contributed by atoms with E-state index in [2.05, 4.69) is 21.9 Å². The molecule has 1 aliphatic heterocycles. The van der Waals surface area contributed by atoms with Gasteiger partial charge in [0.2, 0.25) is 0 Å². The zero-order valence-electron chi connectivity index (χ0n) is 10.4. The molecule has 0 radical (unpaired) electrons. The molecule has 5 heteroatoms. The van der Waals surface area contributed by atoms with Crippen LogP contribution in [0.2, 0.25) is 0 Å². The second-order valence-corrected chi connectivity index (χ2v) is 4.73. The van der Waals surface area contributed by atoms with Crippen molar-refractivity contribution in [3.8, 4) is 0 Å². The Morgan fingerprint density at radius 1 is 1.50 bits per heavy atom. The van der Waals surface area contributed by atoms with Crippen molar-refractivity contribution in [2.45, 2.75) is 19.3 Å². The second kappa shape index (κ2) is 4.49. The van der Waals surface area contributed by atoms with Crippen molar-refractivity contribution in [1.82, 2.24) is 19.5 Å². The van der Waals surface area contributed by atoms with E-state index in [1.807, 2.05) is 6.07 Å². The number of pyridine rings is 1. The number of hydrogen-bond acceptors (Lipinski definition) is 4. The maximum Gasteiger partial charge on any atom is 0.156 e. The molecule has 0 spiro atoms. The minimum atomic E-state index is 0.421. The molecule has 3 rings (SSSR count). The molecule has 1 atom stereocenters. The Kier molecular flexibility index (Phi) is 2.83. The van der Waals surface area contributed by atoms with Gasteiger partial charge in [0, 0.05) is 24.2 Å². The van der Waals surface area contributed by atoms with E-state index in [-0.39, 0.29) is 0 Å². The second-order valence-electron chi connectivity index (χ2n) is 4.73. The normalized spacial score (nSPS) is 20.6. The third kappa shape index (κ3) is 1.90. The van der Waals surface area contributed by atoms with E-state index in [1.165, 1.54) is 0 Å². The average molecular weight is 244 g/mol. The Bertz CT molecular complexity index is 577. The van der Waals surface area contributed by atoms with Gasteiger partial charge in [-0.25, -0.2) is 9.50 Å². The number of aldehydes is 1. The molecule has 2 aromatic heterocycles. The van der Waals surface area contributed by atoms with Crippen LogP contribution in [0.25, 0.3) is 5.65 Å². The highest BCUT2D eigenvalue weighted by Gasteiger charge is 2.25. The fourth-order valence-electron chi connectivity index (χ4n) is 2.49. The number of carbonyl (C=O) groups is 1. The van der Waals surface area contributed by atoms with E-state index in [1.54, 1.807) is 16.8 Å². The van der Waals surface area contributed by atoms with Gasteiger partial charge in [-0.05, 0) is 31.6 Å². The molecule has 0 amide bonds. The highest BCUT2D eigenvalue weighted by molar-refractivity contribution is 5.74. The summed E-state index contributed by atoms with van der Waals surface area (Å²) in [7, 11) is 0. The molecule has 0 N–H and O–H groups in total. The summed E-state index contributed by atoms with van der Waals surface area (Å²) in [6.45, 7) is 5.42. The molecule has 94 valence electrons. The molecule has 0 aliphatic carbocycles. The molecule has 0 saturated carbocycles. The zero-order valence-corrected chi connectivity index (χ0v) is 10.4. The molecule has 0 aromatic carbocycles. The lowest BCUT2D eigenvalue weighted by Crippen LogP contribution is -2.19. The van der Waals surface area contributed by atoms with E-state index in [0.29, 0.717) is 11.5 Å². The number of rotatable bonds is 3. The fourth-order valence-corrected chi connectivity index (χ4v) is 2.49. The Morgan fingerprint density at radius 2 is 2.39 bits per heavy atom. The Hall–Kier alpha value is -1.75. The third-order valence-electron chi connectivity index (χ3n) is 3.59. The Morgan fingerprint density at radius 3 is 3.11 bits per heavy atom. The summed E-state index contributed by atoms with van der Waals surface area (Å²) in [6, 6.07) is 3.61. The van der Waals surface area contributed by atoms with Crippen LogP contribution in [0.3, 0.4) is 0 Å². The average Bonchev–Trinajstić information content (AvgIpc) is 3.03. The van der Waals surface area contributed by atoms with Crippen molar-refractivity contribution < 1.29 is 4.79 Å². The molecule has 5 nitrogen and oxygen atoms in total. The molecule has 1 unspecified atom stereocenters. The lowest BCUT2D eigenvalue weighted by atomic mass is 10.1. The van der Waals surface area contributed by atoms with Crippen molar-refractivity contribution in [3.05, 3.63) is 29.7 Å². The van der Waals surface area contributed by atoms with E-state index in [4.69, 9.17) is 0 Å². The first-order valence-corrected chi connectivity index (χ1v) is 6.34. The number of likely N-dealkylation sites (tertiary alicyclic amines) is 1. The van der Waals surface area contributed by atoms with Gasteiger partial charge in [-0.3, -0.25) is 4.79 Å². The lowest BCUT2D eigenvalue weighted by Gasteiger charge is -2.10. The summed E-state index contributed by atoms with van der Waals surface area (Å²) < 4.78 is 1.70. The molecule has 1 aliphatic rings. The van der Waals surface area contributed by atoms with E-state index in [9.17, 15) is 4.79 Å². The molecule has 0 bridgehead atoms. The molecule has 3 heterocycles. The van der Waals surface area contributed by atoms with Crippen LogP contribution < -0.4 is 0 Å². The van der Waals surface area contributed by atoms with Crippen LogP contribution in [0.1, 0.15) is 35.4 Å². The molecule has 18 heavy (non-hydrogen) atoms. The monoisotopic (exact) mass is 244 g/mol. The third-order valence-corrected chi connectivity index (χ3v) is 3.59. The van der Waals surface area contributed by atoms with Gasteiger partial charge in [0.05, 0.1) is 0 Å². The summed E-state index contributed by atoms with van der Waals surface area (Å²) in [6.07, 6.45) is 3.67. The summed E-state index contributed by atoms with van der Waals surface area (Å²) >= 11 is 0. The van der Waals surface area contributed by atoms with Gasteiger partial charge in [-0.1, -0.05) is 6.92 Å². The van der Waals surface area contributed by atoms with Crippen molar-refractivity contribution in [1.29, 1.82) is 0 Å². The first kappa shape index (κ1) is 11.3. The Balaban J connectivity index is 1.91. The summed E-state index contributed by atoms with van der Waals surface area (Å²) in [5.41, 5.74) is 1.44. The quantitative estimate of drug-likeness (QED) is 0.765. The maximum atomic E-state index is 10.7. The zero-order chi connectivity index (χ0) is 12.5. The SMILES string of the molecule is CCN1CCC(c2nc3ccc(C=O)cn3n2)C1. The summed E-state index contributed by atoms with van der Waals surface area (Å²) in [5, 5.41) is 4.49. The number of fused-ring (bicyclic) bond motifs is 1. The number of hydrogen-bond donors (Lipinski definition) is 0. The predicted molar refractivity (Wildman–Crippen MR) is 67.8 cm³/mol. The van der Waals surface area contributed by atoms with Gasteiger partial charge in [0.15, 0.2) is 17.8 Å². The van der Waals surface area contributed by atoms with Crippen molar-refractivity contribution >= 4 is 11.9 Å². The van der Waals surface area contributed by atoms with Crippen LogP contribution in [-0.4, -0.2) is 45.4 Å². The van der Waals surface area contributed by atoms with Gasteiger partial charge in [-0.2, -0.15) is 5.10 Å².